The lowest BCUT2D eigenvalue weighted by Crippen LogP contribution is -1.93. The Morgan fingerprint density at radius 3 is 1.73 bits per heavy atom. The zero-order valence-corrected chi connectivity index (χ0v) is 11.3. The Labute approximate surface area is 124 Å². The maximum atomic E-state index is 14.3. The molecule has 3 aromatic rings. The molecule has 4 heteroatoms. The van der Waals surface area contributed by atoms with Crippen LogP contribution < -0.4 is 0 Å². The lowest BCUT2D eigenvalue weighted by atomic mass is 9.98. The van der Waals surface area contributed by atoms with E-state index in [4.69, 9.17) is 0 Å². The summed E-state index contributed by atoms with van der Waals surface area (Å²) in [6, 6.07) is 12.9. The van der Waals surface area contributed by atoms with Crippen molar-refractivity contribution in [3.05, 3.63) is 83.9 Å². The van der Waals surface area contributed by atoms with E-state index in [0.29, 0.717) is 0 Å². The minimum atomic E-state index is -0.780. The minimum absolute atomic E-state index is 0.0404. The summed E-state index contributed by atoms with van der Waals surface area (Å²) in [6.45, 7) is 0. The van der Waals surface area contributed by atoms with Gasteiger partial charge in [-0.2, -0.15) is 0 Å². The predicted molar refractivity (Wildman–Crippen MR) is 77.1 cm³/mol. The second-order valence-corrected chi connectivity index (χ2v) is 4.77. The summed E-state index contributed by atoms with van der Waals surface area (Å²) in [5, 5.41) is 0. The molecule has 0 aliphatic carbocycles. The first-order valence-corrected chi connectivity index (χ1v) is 6.57. The molecule has 110 valence electrons. The quantitative estimate of drug-likeness (QED) is 0.542. The third-order valence-electron chi connectivity index (χ3n) is 3.38. The highest BCUT2D eigenvalue weighted by Gasteiger charge is 2.15. The Bertz CT molecular complexity index is 820. The molecule has 0 aliphatic rings. The summed E-state index contributed by atoms with van der Waals surface area (Å²) in [6.07, 6.45) is 0. The smallest absolute Gasteiger partial charge is 0.133 e. The lowest BCUT2D eigenvalue weighted by molar-refractivity contribution is 0.588. The predicted octanol–water partition coefficient (Wildman–Crippen LogP) is 5.58. The molecule has 0 bridgehead atoms. The summed E-state index contributed by atoms with van der Waals surface area (Å²) in [4.78, 5) is 0. The molecule has 0 saturated heterocycles. The zero-order chi connectivity index (χ0) is 15.7. The van der Waals surface area contributed by atoms with Crippen molar-refractivity contribution in [1.29, 1.82) is 0 Å². The van der Waals surface area contributed by atoms with E-state index in [1.54, 1.807) is 6.07 Å². The van der Waals surface area contributed by atoms with Gasteiger partial charge in [-0.25, -0.2) is 17.6 Å². The van der Waals surface area contributed by atoms with Crippen LogP contribution in [0.25, 0.3) is 22.3 Å². The third kappa shape index (κ3) is 2.48. The Morgan fingerprint density at radius 2 is 1.09 bits per heavy atom. The van der Waals surface area contributed by atoms with Gasteiger partial charge in [-0.3, -0.25) is 0 Å². The number of hydrogen-bond acceptors (Lipinski definition) is 0. The van der Waals surface area contributed by atoms with Crippen LogP contribution in [0.1, 0.15) is 0 Å². The van der Waals surface area contributed by atoms with E-state index in [0.717, 1.165) is 18.2 Å². The van der Waals surface area contributed by atoms with Gasteiger partial charge < -0.3 is 0 Å². The number of benzene rings is 3. The molecule has 0 heterocycles. The molecule has 0 amide bonds. The zero-order valence-electron chi connectivity index (χ0n) is 11.3. The van der Waals surface area contributed by atoms with Crippen LogP contribution in [0.2, 0.25) is 0 Å². The summed E-state index contributed by atoms with van der Waals surface area (Å²) < 4.78 is 55.4. The Kier molecular flexibility index (Phi) is 3.67. The van der Waals surface area contributed by atoms with Crippen LogP contribution in [0.4, 0.5) is 17.6 Å². The fraction of sp³-hybridized carbons (Fsp3) is 0. The molecule has 0 unspecified atom stereocenters. The van der Waals surface area contributed by atoms with Crippen molar-refractivity contribution < 1.29 is 17.6 Å². The highest BCUT2D eigenvalue weighted by molar-refractivity contribution is 5.72. The van der Waals surface area contributed by atoms with Crippen LogP contribution >= 0.6 is 0 Å². The first-order chi connectivity index (χ1) is 10.6. The average molecular weight is 302 g/mol. The second kappa shape index (κ2) is 5.64. The van der Waals surface area contributed by atoms with Gasteiger partial charge in [-0.15, -0.1) is 0 Å². The fourth-order valence-electron chi connectivity index (χ4n) is 2.34. The minimum Gasteiger partial charge on any atom is -0.206 e. The molecule has 0 aliphatic heterocycles. The number of hydrogen-bond donors (Lipinski definition) is 0. The van der Waals surface area contributed by atoms with Crippen LogP contribution in [0.3, 0.4) is 0 Å². The fourth-order valence-corrected chi connectivity index (χ4v) is 2.34. The highest BCUT2D eigenvalue weighted by atomic mass is 19.1. The van der Waals surface area contributed by atoms with Gasteiger partial charge in [0.25, 0.3) is 0 Å². The Balaban J connectivity index is 2.13. The van der Waals surface area contributed by atoms with Crippen molar-refractivity contribution in [1.82, 2.24) is 0 Å². The standard InChI is InChI=1S/C18H10F4/c19-14-5-2-1-4-12(14)13-9-8-11(10-17(13)22)18-15(20)6-3-7-16(18)21/h1-10H. The van der Waals surface area contributed by atoms with Gasteiger partial charge in [0.05, 0.1) is 5.56 Å². The number of rotatable bonds is 2. The molecular weight excluding hydrogens is 292 g/mol. The number of halogens is 4. The van der Waals surface area contributed by atoms with E-state index in [9.17, 15) is 17.6 Å². The molecule has 0 fully saturated rings. The van der Waals surface area contributed by atoms with Crippen LogP contribution in [0.15, 0.2) is 60.7 Å². The summed E-state index contributed by atoms with van der Waals surface area (Å²) in [5.41, 5.74) is -0.103. The van der Waals surface area contributed by atoms with Crippen LogP contribution in [-0.2, 0) is 0 Å². The lowest BCUT2D eigenvalue weighted by Gasteiger charge is -2.09. The third-order valence-corrected chi connectivity index (χ3v) is 3.38. The molecule has 3 rings (SSSR count). The second-order valence-electron chi connectivity index (χ2n) is 4.77. The van der Waals surface area contributed by atoms with Crippen molar-refractivity contribution in [2.24, 2.45) is 0 Å². The van der Waals surface area contributed by atoms with Gasteiger partial charge in [0, 0.05) is 11.1 Å². The monoisotopic (exact) mass is 302 g/mol. The van der Waals surface area contributed by atoms with Gasteiger partial charge >= 0.3 is 0 Å². The molecule has 0 atom stereocenters. The molecule has 22 heavy (non-hydrogen) atoms. The van der Waals surface area contributed by atoms with Gasteiger partial charge in [0.1, 0.15) is 23.3 Å². The SMILES string of the molecule is Fc1ccccc1-c1ccc(-c2c(F)cccc2F)cc1F. The van der Waals surface area contributed by atoms with E-state index in [1.807, 2.05) is 0 Å². The van der Waals surface area contributed by atoms with Crippen LogP contribution in [0, 0.1) is 23.3 Å². The van der Waals surface area contributed by atoms with Crippen LogP contribution in [0.5, 0.6) is 0 Å². The highest BCUT2D eigenvalue weighted by Crippen LogP contribution is 2.31. The van der Waals surface area contributed by atoms with E-state index in [-0.39, 0.29) is 22.3 Å². The van der Waals surface area contributed by atoms with Crippen molar-refractivity contribution >= 4 is 0 Å². The topological polar surface area (TPSA) is 0 Å². The first kappa shape index (κ1) is 14.3. The van der Waals surface area contributed by atoms with Crippen molar-refractivity contribution in [3.63, 3.8) is 0 Å². The Hall–Kier alpha value is -2.62. The van der Waals surface area contributed by atoms with Crippen molar-refractivity contribution in [2.45, 2.75) is 0 Å². The van der Waals surface area contributed by atoms with Crippen LogP contribution in [-0.4, -0.2) is 0 Å². The maximum absolute atomic E-state index is 14.3. The van der Waals surface area contributed by atoms with Crippen molar-refractivity contribution in [2.75, 3.05) is 0 Å². The van der Waals surface area contributed by atoms with Gasteiger partial charge in [-0.05, 0) is 29.8 Å². The summed E-state index contributed by atoms with van der Waals surface area (Å²) in [5.74, 6) is -2.87. The summed E-state index contributed by atoms with van der Waals surface area (Å²) in [7, 11) is 0. The van der Waals surface area contributed by atoms with E-state index >= 15 is 0 Å². The normalized spacial score (nSPS) is 10.7. The van der Waals surface area contributed by atoms with Crippen molar-refractivity contribution in [3.8, 4) is 22.3 Å². The van der Waals surface area contributed by atoms with E-state index < -0.39 is 23.3 Å². The molecular formula is C18H10F4. The van der Waals surface area contributed by atoms with Gasteiger partial charge in [-0.1, -0.05) is 36.4 Å². The van der Waals surface area contributed by atoms with E-state index in [2.05, 4.69) is 0 Å². The maximum Gasteiger partial charge on any atom is 0.133 e. The largest absolute Gasteiger partial charge is 0.206 e. The molecule has 0 saturated carbocycles. The van der Waals surface area contributed by atoms with E-state index in [1.165, 1.54) is 36.4 Å². The first-order valence-electron chi connectivity index (χ1n) is 6.57. The molecule has 0 radical (unpaired) electrons. The average Bonchev–Trinajstić information content (AvgIpc) is 2.48. The molecule has 3 aromatic carbocycles. The van der Waals surface area contributed by atoms with Gasteiger partial charge in [0.15, 0.2) is 0 Å². The molecule has 0 nitrogen and oxygen atoms in total. The molecule has 0 N–H and O–H groups in total. The molecule has 0 aromatic heterocycles. The van der Waals surface area contributed by atoms with Gasteiger partial charge in [0.2, 0.25) is 0 Å². The Morgan fingerprint density at radius 1 is 0.500 bits per heavy atom. The summed E-state index contributed by atoms with van der Waals surface area (Å²) >= 11 is 0. The molecule has 0 spiro atoms.